The van der Waals surface area contributed by atoms with E-state index in [0.717, 1.165) is 23.3 Å². The summed E-state index contributed by atoms with van der Waals surface area (Å²) in [6, 6.07) is 17.5. The molecular weight excluding hydrogens is 495 g/mol. The Morgan fingerprint density at radius 2 is 1.61 bits per heavy atom. The number of carboxylic acid groups (broad SMARTS) is 1. The molecule has 0 fully saturated rings. The molecule has 2 N–H and O–H groups in total. The summed E-state index contributed by atoms with van der Waals surface area (Å²) in [6.45, 7) is 2.35. The van der Waals surface area contributed by atoms with E-state index in [4.69, 9.17) is 10.1 Å². The number of amides is 1. The van der Waals surface area contributed by atoms with Crippen molar-refractivity contribution in [2.45, 2.75) is 45.3 Å². The maximum atomic E-state index is 13.0. The number of carbonyl (C=O) groups is 2. The van der Waals surface area contributed by atoms with Crippen molar-refractivity contribution in [2.24, 2.45) is 0 Å². The fourth-order valence-electron chi connectivity index (χ4n) is 4.01. The monoisotopic (exact) mass is 521 g/mol. The van der Waals surface area contributed by atoms with Gasteiger partial charge in [0.25, 0.3) is 5.91 Å². The van der Waals surface area contributed by atoms with Crippen molar-refractivity contribution in [1.29, 1.82) is 0 Å². The molecule has 0 radical (unpaired) electrons. The molecule has 0 bridgehead atoms. The van der Waals surface area contributed by atoms with Crippen molar-refractivity contribution >= 4 is 22.9 Å². The number of unbranched alkanes of at least 4 members (excludes halogenated alkanes) is 1. The number of fused-ring (bicyclic) bond motifs is 1. The molecule has 0 spiro atoms. The summed E-state index contributed by atoms with van der Waals surface area (Å²) >= 11 is 0. The molecule has 4 rings (SSSR count). The highest BCUT2D eigenvalue weighted by atomic mass is 19.4. The van der Waals surface area contributed by atoms with Gasteiger partial charge in [-0.1, -0.05) is 42.0 Å². The molecule has 196 valence electrons. The Hall–Kier alpha value is -4.27. The number of alkyl halides is 3. The van der Waals surface area contributed by atoms with Gasteiger partial charge < -0.3 is 10.4 Å². The number of carboxylic acids is 1. The van der Waals surface area contributed by atoms with Crippen LogP contribution in [0.2, 0.25) is 0 Å². The normalized spacial score (nSPS) is 11.5. The minimum Gasteiger partial charge on any atom is -0.481 e. The van der Waals surface area contributed by atoms with Crippen molar-refractivity contribution in [3.05, 3.63) is 94.7 Å². The van der Waals surface area contributed by atoms with E-state index in [2.05, 4.69) is 10.3 Å². The van der Waals surface area contributed by atoms with Gasteiger partial charge in [0, 0.05) is 24.1 Å². The first kappa shape index (κ1) is 26.8. The number of nitrogens with zero attached hydrogens (tertiary/aromatic N) is 2. The van der Waals surface area contributed by atoms with Gasteiger partial charge in [-0.3, -0.25) is 9.59 Å². The quantitative estimate of drug-likeness (QED) is 0.250. The Kier molecular flexibility index (Phi) is 8.05. The van der Waals surface area contributed by atoms with E-state index >= 15 is 0 Å². The number of aromatic nitrogens is 2. The fraction of sp³-hybridized carbons (Fsp3) is 0.241. The van der Waals surface area contributed by atoms with E-state index in [0.29, 0.717) is 59.4 Å². The lowest BCUT2D eigenvalue weighted by Gasteiger charge is -2.12. The lowest BCUT2D eigenvalue weighted by Crippen LogP contribution is -2.22. The molecule has 4 aromatic rings. The third-order valence-electron chi connectivity index (χ3n) is 6.11. The lowest BCUT2D eigenvalue weighted by molar-refractivity contribution is -0.138. The largest absolute Gasteiger partial charge is 0.481 e. The van der Waals surface area contributed by atoms with E-state index in [-0.39, 0.29) is 12.3 Å². The highest BCUT2D eigenvalue weighted by molar-refractivity contribution is 5.97. The predicted octanol–water partition coefficient (Wildman–Crippen LogP) is 6.35. The third kappa shape index (κ3) is 6.73. The van der Waals surface area contributed by atoms with Gasteiger partial charge >= 0.3 is 12.1 Å². The molecule has 38 heavy (non-hydrogen) atoms. The molecule has 3 aromatic carbocycles. The van der Waals surface area contributed by atoms with Crippen LogP contribution in [0, 0.1) is 6.92 Å². The zero-order valence-electron chi connectivity index (χ0n) is 20.7. The summed E-state index contributed by atoms with van der Waals surface area (Å²) in [5, 5.41) is 11.8. The van der Waals surface area contributed by atoms with E-state index in [1.54, 1.807) is 18.2 Å². The van der Waals surface area contributed by atoms with Crippen LogP contribution in [0.1, 0.15) is 52.0 Å². The Balaban J connectivity index is 1.62. The molecule has 6 nitrogen and oxygen atoms in total. The Labute approximate surface area is 217 Å². The highest BCUT2D eigenvalue weighted by Crippen LogP contribution is 2.32. The molecule has 0 saturated heterocycles. The van der Waals surface area contributed by atoms with Crippen LogP contribution in [0.5, 0.6) is 0 Å². The van der Waals surface area contributed by atoms with Crippen molar-refractivity contribution < 1.29 is 27.9 Å². The molecule has 1 amide bonds. The SMILES string of the molecule is Cc1ccc(CNC(=O)c2ccc3nc(-c4ccc(C(F)(F)F)cc4)c(CCCCC(=O)O)nc3c2)cc1. The minimum atomic E-state index is -4.45. The molecule has 0 aliphatic rings. The van der Waals surface area contributed by atoms with Gasteiger partial charge in [-0.25, -0.2) is 9.97 Å². The van der Waals surface area contributed by atoms with E-state index < -0.39 is 17.7 Å². The van der Waals surface area contributed by atoms with E-state index in [9.17, 15) is 22.8 Å². The second kappa shape index (κ2) is 11.4. The van der Waals surface area contributed by atoms with Crippen LogP contribution in [0.25, 0.3) is 22.3 Å². The first-order valence-electron chi connectivity index (χ1n) is 12.1. The van der Waals surface area contributed by atoms with Crippen LogP contribution < -0.4 is 5.32 Å². The number of hydrogen-bond donors (Lipinski definition) is 2. The van der Waals surface area contributed by atoms with Crippen LogP contribution in [0.4, 0.5) is 13.2 Å². The summed E-state index contributed by atoms with van der Waals surface area (Å²) < 4.78 is 39.1. The van der Waals surface area contributed by atoms with Crippen LogP contribution in [-0.4, -0.2) is 27.0 Å². The lowest BCUT2D eigenvalue weighted by atomic mass is 10.0. The van der Waals surface area contributed by atoms with E-state index in [1.165, 1.54) is 12.1 Å². The highest BCUT2D eigenvalue weighted by Gasteiger charge is 2.30. The van der Waals surface area contributed by atoms with Gasteiger partial charge in [0.2, 0.25) is 0 Å². The number of benzene rings is 3. The van der Waals surface area contributed by atoms with Crippen LogP contribution >= 0.6 is 0 Å². The Bertz CT molecular complexity index is 1450. The zero-order valence-corrected chi connectivity index (χ0v) is 20.7. The number of rotatable bonds is 9. The molecule has 1 heterocycles. The van der Waals surface area contributed by atoms with Crippen molar-refractivity contribution in [3.63, 3.8) is 0 Å². The van der Waals surface area contributed by atoms with Crippen molar-refractivity contribution in [2.75, 3.05) is 0 Å². The second-order valence-electron chi connectivity index (χ2n) is 9.07. The van der Waals surface area contributed by atoms with Gasteiger partial charge in [-0.2, -0.15) is 13.2 Å². The minimum absolute atomic E-state index is 0.00191. The number of hydrogen-bond acceptors (Lipinski definition) is 4. The first-order chi connectivity index (χ1) is 18.1. The maximum absolute atomic E-state index is 13.0. The summed E-state index contributed by atoms with van der Waals surface area (Å²) in [7, 11) is 0. The maximum Gasteiger partial charge on any atom is 0.416 e. The molecule has 0 aliphatic heterocycles. The summed E-state index contributed by atoms with van der Waals surface area (Å²) in [5.74, 6) is -1.18. The van der Waals surface area contributed by atoms with Crippen LogP contribution in [-0.2, 0) is 23.9 Å². The summed E-state index contributed by atoms with van der Waals surface area (Å²) in [6.07, 6.45) is -3.14. The molecule has 0 unspecified atom stereocenters. The molecule has 9 heteroatoms. The smallest absolute Gasteiger partial charge is 0.416 e. The predicted molar refractivity (Wildman–Crippen MR) is 138 cm³/mol. The topological polar surface area (TPSA) is 92.2 Å². The number of nitrogens with one attached hydrogen (secondary N) is 1. The molecule has 1 aromatic heterocycles. The third-order valence-corrected chi connectivity index (χ3v) is 6.11. The Morgan fingerprint density at radius 1 is 0.895 bits per heavy atom. The summed E-state index contributed by atoms with van der Waals surface area (Å²) in [4.78, 5) is 33.0. The molecular formula is C29H26F3N3O3. The number of halogens is 3. The van der Waals surface area contributed by atoms with Gasteiger partial charge in [0.15, 0.2) is 0 Å². The molecule has 0 atom stereocenters. The van der Waals surface area contributed by atoms with E-state index in [1.807, 2.05) is 31.2 Å². The van der Waals surface area contributed by atoms with Gasteiger partial charge in [0.05, 0.1) is 28.0 Å². The average molecular weight is 522 g/mol. The summed E-state index contributed by atoms with van der Waals surface area (Å²) in [5.41, 5.74) is 4.12. The number of aliphatic carboxylic acids is 1. The molecule has 0 aliphatic carbocycles. The zero-order chi connectivity index (χ0) is 27.3. The van der Waals surface area contributed by atoms with Crippen molar-refractivity contribution in [3.8, 4) is 11.3 Å². The van der Waals surface area contributed by atoms with Crippen LogP contribution in [0.3, 0.4) is 0 Å². The van der Waals surface area contributed by atoms with Crippen molar-refractivity contribution in [1.82, 2.24) is 15.3 Å². The van der Waals surface area contributed by atoms with Gasteiger partial charge in [0.1, 0.15) is 0 Å². The Morgan fingerprint density at radius 3 is 2.26 bits per heavy atom. The van der Waals surface area contributed by atoms with Gasteiger partial charge in [-0.05, 0) is 62.1 Å². The van der Waals surface area contributed by atoms with Crippen LogP contribution in [0.15, 0.2) is 66.7 Å². The standard InChI is InChI=1S/C29H26F3N3O3/c1-18-6-8-19(9-7-18)17-33-28(38)21-12-15-23-25(16-21)34-24(4-2-3-5-26(36)37)27(35-23)20-10-13-22(14-11-20)29(30,31)32/h6-16H,2-5,17H2,1H3,(H,33,38)(H,36,37). The molecule has 0 saturated carbocycles. The fourth-order valence-corrected chi connectivity index (χ4v) is 4.01. The second-order valence-corrected chi connectivity index (χ2v) is 9.07. The number of carbonyl (C=O) groups excluding carboxylic acids is 1. The first-order valence-corrected chi connectivity index (χ1v) is 12.1. The number of aryl methyl sites for hydroxylation is 2. The van der Waals surface area contributed by atoms with Gasteiger partial charge in [-0.15, -0.1) is 0 Å². The average Bonchev–Trinajstić information content (AvgIpc) is 2.89.